The Hall–Kier alpha value is -2.44. The monoisotopic (exact) mass is 405 g/mol. The molecule has 1 N–H and O–H groups in total. The lowest BCUT2D eigenvalue weighted by Crippen LogP contribution is -2.52. The summed E-state index contributed by atoms with van der Waals surface area (Å²) in [6.07, 6.45) is 0.984. The third-order valence-corrected chi connectivity index (χ3v) is 5.04. The molecule has 1 unspecified atom stereocenters. The van der Waals surface area contributed by atoms with Gasteiger partial charge in [0.2, 0.25) is 11.8 Å². The number of amides is 3. The number of benzene rings is 1. The van der Waals surface area contributed by atoms with Crippen molar-refractivity contribution in [1.29, 1.82) is 0 Å². The first kappa shape index (κ1) is 22.8. The number of nitrogens with one attached hydrogen (secondary N) is 1. The van der Waals surface area contributed by atoms with Gasteiger partial charge in [-0.3, -0.25) is 14.4 Å². The number of rotatable bonds is 6. The molecular formula is C22H32FN3O3. The Labute approximate surface area is 172 Å². The zero-order valence-electron chi connectivity index (χ0n) is 17.8. The molecule has 6 nitrogen and oxygen atoms in total. The van der Waals surface area contributed by atoms with Crippen LogP contribution < -0.4 is 5.32 Å². The molecule has 1 heterocycles. The molecule has 1 aromatic carbocycles. The standard InChI is InChI=1S/C22H32FN3O3/c1-15(2)14-19(27)24-20(16(3)4)22(29)26-11-7-10-25(12-13-26)21(28)17-8-5-6-9-18(17)23/h5-6,8-9,15-16,20H,7,10-14H2,1-4H3,(H,24,27). The molecule has 29 heavy (non-hydrogen) atoms. The van der Waals surface area contributed by atoms with Gasteiger partial charge in [-0.1, -0.05) is 39.8 Å². The summed E-state index contributed by atoms with van der Waals surface area (Å²) in [6.45, 7) is 9.40. The van der Waals surface area contributed by atoms with Crippen LogP contribution in [0, 0.1) is 17.7 Å². The van der Waals surface area contributed by atoms with Crippen LogP contribution in [0.5, 0.6) is 0 Å². The van der Waals surface area contributed by atoms with Gasteiger partial charge in [0.05, 0.1) is 5.56 Å². The first-order valence-electron chi connectivity index (χ1n) is 10.3. The Balaban J connectivity index is 2.03. The van der Waals surface area contributed by atoms with Crippen molar-refractivity contribution < 1.29 is 18.8 Å². The number of nitrogens with zero attached hydrogens (tertiary/aromatic N) is 2. The van der Waals surface area contributed by atoms with Gasteiger partial charge in [-0.15, -0.1) is 0 Å². The molecule has 0 aromatic heterocycles. The van der Waals surface area contributed by atoms with Gasteiger partial charge in [-0.25, -0.2) is 4.39 Å². The summed E-state index contributed by atoms with van der Waals surface area (Å²) in [4.78, 5) is 41.2. The Morgan fingerprint density at radius 1 is 1.00 bits per heavy atom. The normalized spacial score (nSPS) is 16.0. The molecule has 0 spiro atoms. The zero-order chi connectivity index (χ0) is 21.6. The van der Waals surface area contributed by atoms with Crippen LogP contribution >= 0.6 is 0 Å². The topological polar surface area (TPSA) is 69.7 Å². The van der Waals surface area contributed by atoms with Crippen LogP contribution in [0.25, 0.3) is 0 Å². The minimum Gasteiger partial charge on any atom is -0.344 e. The fourth-order valence-electron chi connectivity index (χ4n) is 3.46. The maximum absolute atomic E-state index is 14.0. The number of hydrogen-bond acceptors (Lipinski definition) is 3. The Kier molecular flexibility index (Phi) is 8.17. The minimum atomic E-state index is -0.588. The molecule has 1 aliphatic rings. The molecule has 7 heteroatoms. The van der Waals surface area contributed by atoms with Crippen molar-refractivity contribution >= 4 is 17.7 Å². The predicted octanol–water partition coefficient (Wildman–Crippen LogP) is 2.69. The van der Waals surface area contributed by atoms with Crippen LogP contribution in [0.15, 0.2) is 24.3 Å². The molecule has 2 rings (SSSR count). The first-order chi connectivity index (χ1) is 13.7. The molecule has 1 atom stereocenters. The molecule has 160 valence electrons. The van der Waals surface area contributed by atoms with E-state index in [1.807, 2.05) is 27.7 Å². The summed E-state index contributed by atoms with van der Waals surface area (Å²) in [5.74, 6) is -0.979. The lowest BCUT2D eigenvalue weighted by molar-refractivity contribution is -0.137. The largest absolute Gasteiger partial charge is 0.344 e. The summed E-state index contributed by atoms with van der Waals surface area (Å²) in [7, 11) is 0. The second-order valence-corrected chi connectivity index (χ2v) is 8.34. The van der Waals surface area contributed by atoms with Gasteiger partial charge in [-0.2, -0.15) is 0 Å². The number of carbonyl (C=O) groups is 3. The molecule has 1 aliphatic heterocycles. The third-order valence-electron chi connectivity index (χ3n) is 5.04. The van der Waals surface area contributed by atoms with Crippen LogP contribution in [0.4, 0.5) is 4.39 Å². The van der Waals surface area contributed by atoms with Gasteiger partial charge in [0, 0.05) is 32.6 Å². The van der Waals surface area contributed by atoms with E-state index in [-0.39, 0.29) is 35.1 Å². The lowest BCUT2D eigenvalue weighted by Gasteiger charge is -2.29. The van der Waals surface area contributed by atoms with Gasteiger partial charge >= 0.3 is 0 Å². The number of halogens is 1. The lowest BCUT2D eigenvalue weighted by atomic mass is 10.0. The summed E-state index contributed by atoms with van der Waals surface area (Å²) in [6, 6.07) is 5.35. The van der Waals surface area contributed by atoms with E-state index in [0.29, 0.717) is 39.0 Å². The summed E-state index contributed by atoms with van der Waals surface area (Å²) >= 11 is 0. The van der Waals surface area contributed by atoms with Crippen molar-refractivity contribution in [2.75, 3.05) is 26.2 Å². The summed E-state index contributed by atoms with van der Waals surface area (Å²) < 4.78 is 14.0. The molecule has 1 saturated heterocycles. The van der Waals surface area contributed by atoms with Crippen molar-refractivity contribution in [3.8, 4) is 0 Å². The SMILES string of the molecule is CC(C)CC(=O)NC(C(=O)N1CCCN(C(=O)c2ccccc2F)CC1)C(C)C. The Morgan fingerprint density at radius 2 is 1.62 bits per heavy atom. The van der Waals surface area contributed by atoms with Gasteiger partial charge in [0.15, 0.2) is 0 Å². The van der Waals surface area contributed by atoms with E-state index in [1.165, 1.54) is 12.1 Å². The van der Waals surface area contributed by atoms with E-state index in [9.17, 15) is 18.8 Å². The van der Waals surface area contributed by atoms with Crippen molar-refractivity contribution in [3.63, 3.8) is 0 Å². The van der Waals surface area contributed by atoms with E-state index in [2.05, 4.69) is 5.32 Å². The van der Waals surface area contributed by atoms with Crippen molar-refractivity contribution in [2.45, 2.75) is 46.6 Å². The molecule has 1 aromatic rings. The smallest absolute Gasteiger partial charge is 0.256 e. The fraction of sp³-hybridized carbons (Fsp3) is 0.591. The highest BCUT2D eigenvalue weighted by Crippen LogP contribution is 2.15. The van der Waals surface area contributed by atoms with Crippen LogP contribution in [0.2, 0.25) is 0 Å². The zero-order valence-corrected chi connectivity index (χ0v) is 17.8. The highest BCUT2D eigenvalue weighted by Gasteiger charge is 2.31. The van der Waals surface area contributed by atoms with Crippen molar-refractivity contribution in [1.82, 2.24) is 15.1 Å². The average molecular weight is 406 g/mol. The maximum Gasteiger partial charge on any atom is 0.256 e. The molecule has 0 bridgehead atoms. The van der Waals surface area contributed by atoms with E-state index in [1.54, 1.807) is 21.9 Å². The van der Waals surface area contributed by atoms with Gasteiger partial charge in [0.1, 0.15) is 11.9 Å². The number of carbonyl (C=O) groups excluding carboxylic acids is 3. The minimum absolute atomic E-state index is 0.0435. The molecule has 0 aliphatic carbocycles. The second kappa shape index (κ2) is 10.4. The van der Waals surface area contributed by atoms with Crippen LogP contribution in [0.1, 0.15) is 50.9 Å². The predicted molar refractivity (Wildman–Crippen MR) is 110 cm³/mol. The molecule has 3 amide bonds. The third kappa shape index (κ3) is 6.27. The Bertz CT molecular complexity index is 736. The van der Waals surface area contributed by atoms with Crippen LogP contribution in [0.3, 0.4) is 0 Å². The Morgan fingerprint density at radius 3 is 2.24 bits per heavy atom. The molecule has 1 fully saturated rings. The summed E-state index contributed by atoms with van der Waals surface area (Å²) in [5, 5.41) is 2.87. The van der Waals surface area contributed by atoms with Crippen LogP contribution in [-0.4, -0.2) is 59.7 Å². The fourth-order valence-corrected chi connectivity index (χ4v) is 3.46. The molecule has 0 radical (unpaired) electrons. The maximum atomic E-state index is 14.0. The highest BCUT2D eigenvalue weighted by molar-refractivity contribution is 5.94. The van der Waals surface area contributed by atoms with E-state index in [4.69, 9.17) is 0 Å². The number of hydrogen-bond donors (Lipinski definition) is 1. The molecule has 0 saturated carbocycles. The van der Waals surface area contributed by atoms with E-state index in [0.717, 1.165) is 0 Å². The summed E-state index contributed by atoms with van der Waals surface area (Å²) in [5.41, 5.74) is 0.0493. The van der Waals surface area contributed by atoms with Crippen molar-refractivity contribution in [2.24, 2.45) is 11.8 Å². The highest BCUT2D eigenvalue weighted by atomic mass is 19.1. The quantitative estimate of drug-likeness (QED) is 0.791. The van der Waals surface area contributed by atoms with Crippen LogP contribution in [-0.2, 0) is 9.59 Å². The van der Waals surface area contributed by atoms with Gasteiger partial charge in [0.25, 0.3) is 5.91 Å². The van der Waals surface area contributed by atoms with E-state index < -0.39 is 11.9 Å². The second-order valence-electron chi connectivity index (χ2n) is 8.34. The van der Waals surface area contributed by atoms with Gasteiger partial charge in [-0.05, 0) is 30.4 Å². The first-order valence-corrected chi connectivity index (χ1v) is 10.3. The average Bonchev–Trinajstić information content (AvgIpc) is 2.91. The van der Waals surface area contributed by atoms with Gasteiger partial charge < -0.3 is 15.1 Å². The van der Waals surface area contributed by atoms with Crippen molar-refractivity contribution in [3.05, 3.63) is 35.6 Å². The molecular weight excluding hydrogens is 373 g/mol. The van der Waals surface area contributed by atoms with E-state index >= 15 is 0 Å².